The molecule has 0 atom stereocenters. The minimum Gasteiger partial charge on any atom is -0.481 e. The molecule has 0 fully saturated rings. The molecule has 0 aliphatic heterocycles. The first-order valence-corrected chi connectivity index (χ1v) is 9.53. The van der Waals surface area contributed by atoms with E-state index >= 15 is 0 Å². The van der Waals surface area contributed by atoms with Crippen LogP contribution in [0.15, 0.2) is 30.6 Å². The SMILES string of the molecule is CC(=O)O.CC(C)Cn1cnc2c(C(N)=O)nc3ccccc3c21.CN(C)CC(=O)O. The van der Waals surface area contributed by atoms with Crippen molar-refractivity contribution in [2.24, 2.45) is 11.7 Å². The van der Waals surface area contributed by atoms with Crippen molar-refractivity contribution in [1.29, 1.82) is 0 Å². The van der Waals surface area contributed by atoms with E-state index in [1.165, 1.54) is 0 Å². The number of benzene rings is 1. The number of amides is 1. The highest BCUT2D eigenvalue weighted by atomic mass is 16.4. The van der Waals surface area contributed by atoms with Gasteiger partial charge in [-0.3, -0.25) is 19.3 Å². The van der Waals surface area contributed by atoms with Gasteiger partial charge in [-0.05, 0) is 26.1 Å². The van der Waals surface area contributed by atoms with Gasteiger partial charge in [-0.25, -0.2) is 9.97 Å². The zero-order valence-corrected chi connectivity index (χ0v) is 18.4. The molecule has 2 aromatic heterocycles. The molecular weight excluding hydrogens is 402 g/mol. The van der Waals surface area contributed by atoms with E-state index in [0.29, 0.717) is 11.4 Å². The Hall–Kier alpha value is -3.53. The van der Waals surface area contributed by atoms with E-state index in [1.807, 2.05) is 24.3 Å². The summed E-state index contributed by atoms with van der Waals surface area (Å²) in [6.45, 7) is 6.32. The molecule has 168 valence electrons. The lowest BCUT2D eigenvalue weighted by atomic mass is 10.1. The van der Waals surface area contributed by atoms with E-state index in [9.17, 15) is 9.59 Å². The number of imidazole rings is 1. The number of pyridine rings is 1. The molecule has 0 unspecified atom stereocenters. The predicted molar refractivity (Wildman–Crippen MR) is 118 cm³/mol. The van der Waals surface area contributed by atoms with E-state index in [4.69, 9.17) is 20.7 Å². The highest BCUT2D eigenvalue weighted by molar-refractivity contribution is 6.11. The lowest BCUT2D eigenvalue weighted by Crippen LogP contribution is -2.20. The molecule has 3 aromatic rings. The number of aliphatic carboxylic acids is 2. The smallest absolute Gasteiger partial charge is 0.317 e. The summed E-state index contributed by atoms with van der Waals surface area (Å²) in [5.74, 6) is -1.68. The second-order valence-corrected chi connectivity index (χ2v) is 7.48. The van der Waals surface area contributed by atoms with E-state index in [1.54, 1.807) is 25.3 Å². The summed E-state index contributed by atoms with van der Waals surface area (Å²) < 4.78 is 2.07. The van der Waals surface area contributed by atoms with Crippen molar-refractivity contribution in [2.45, 2.75) is 27.3 Å². The number of hydrogen-bond donors (Lipinski definition) is 3. The fourth-order valence-electron chi connectivity index (χ4n) is 2.76. The largest absolute Gasteiger partial charge is 0.481 e. The third-order valence-electron chi connectivity index (χ3n) is 3.70. The molecule has 1 amide bonds. The molecule has 2 heterocycles. The van der Waals surface area contributed by atoms with Crippen molar-refractivity contribution >= 4 is 39.8 Å². The number of hydrogen-bond acceptors (Lipinski definition) is 6. The van der Waals surface area contributed by atoms with Crippen LogP contribution in [0.25, 0.3) is 21.9 Å². The topological polar surface area (TPSA) is 152 Å². The van der Waals surface area contributed by atoms with Crippen LogP contribution in [0, 0.1) is 5.92 Å². The Balaban J connectivity index is 0.000000366. The van der Waals surface area contributed by atoms with Gasteiger partial charge in [0.15, 0.2) is 5.69 Å². The molecule has 3 rings (SSSR count). The maximum absolute atomic E-state index is 11.6. The first kappa shape index (κ1) is 25.5. The van der Waals surface area contributed by atoms with Crippen LogP contribution < -0.4 is 5.73 Å². The number of carbonyl (C=O) groups excluding carboxylic acids is 1. The Bertz CT molecular complexity index is 1050. The summed E-state index contributed by atoms with van der Waals surface area (Å²) in [6.07, 6.45) is 1.76. The van der Waals surface area contributed by atoms with Crippen molar-refractivity contribution in [2.75, 3.05) is 20.6 Å². The molecule has 0 bridgehead atoms. The number of likely N-dealkylation sites (N-methyl/N-ethyl adjacent to an activating group) is 1. The number of carboxylic acid groups (broad SMARTS) is 2. The van der Waals surface area contributed by atoms with E-state index in [-0.39, 0.29) is 12.2 Å². The number of rotatable bonds is 5. The second kappa shape index (κ2) is 11.6. The van der Waals surface area contributed by atoms with Crippen LogP contribution in [-0.4, -0.2) is 68.1 Å². The molecular formula is C21H29N5O5. The molecule has 0 aliphatic rings. The van der Waals surface area contributed by atoms with Crippen molar-refractivity contribution < 1.29 is 24.6 Å². The van der Waals surface area contributed by atoms with Crippen LogP contribution in [0.4, 0.5) is 0 Å². The summed E-state index contributed by atoms with van der Waals surface area (Å²) in [7, 11) is 3.43. The Labute approximate surface area is 180 Å². The summed E-state index contributed by atoms with van der Waals surface area (Å²) in [4.78, 5) is 40.7. The summed E-state index contributed by atoms with van der Waals surface area (Å²) in [5.41, 5.74) is 7.94. The maximum atomic E-state index is 11.6. The van der Waals surface area contributed by atoms with Crippen molar-refractivity contribution in [3.8, 4) is 0 Å². The van der Waals surface area contributed by atoms with Gasteiger partial charge in [0.2, 0.25) is 0 Å². The standard InChI is InChI=1S/C15H16N4O.C4H9NO2.C2H4O2/c1-9(2)7-19-8-17-12-13(15(16)20)18-11-6-4-3-5-10(11)14(12)19;1-5(2)3-4(6)7;1-2(3)4/h3-6,8-9H,7H2,1-2H3,(H2,16,20);3H2,1-2H3,(H,6,7);1H3,(H,3,4). The minimum absolute atomic E-state index is 0.111. The van der Waals surface area contributed by atoms with Gasteiger partial charge in [-0.1, -0.05) is 32.0 Å². The predicted octanol–water partition coefficient (Wildman–Crippen LogP) is 2.06. The fraction of sp³-hybridized carbons (Fsp3) is 0.381. The first-order chi connectivity index (χ1) is 14.4. The average Bonchev–Trinajstić information content (AvgIpc) is 3.03. The molecule has 0 spiro atoms. The number of fused-ring (bicyclic) bond motifs is 3. The summed E-state index contributed by atoms with van der Waals surface area (Å²) in [6, 6.07) is 7.73. The molecule has 31 heavy (non-hydrogen) atoms. The summed E-state index contributed by atoms with van der Waals surface area (Å²) >= 11 is 0. The quantitative estimate of drug-likeness (QED) is 0.555. The molecule has 10 heteroatoms. The Morgan fingerprint density at radius 1 is 1.16 bits per heavy atom. The van der Waals surface area contributed by atoms with Crippen LogP contribution in [0.1, 0.15) is 31.3 Å². The van der Waals surface area contributed by atoms with Crippen LogP contribution in [0.3, 0.4) is 0 Å². The van der Waals surface area contributed by atoms with Gasteiger partial charge < -0.3 is 20.5 Å². The highest BCUT2D eigenvalue weighted by Crippen LogP contribution is 2.26. The van der Waals surface area contributed by atoms with Crippen molar-refractivity contribution in [3.63, 3.8) is 0 Å². The number of para-hydroxylation sites is 1. The van der Waals surface area contributed by atoms with E-state index in [0.717, 1.165) is 29.9 Å². The third kappa shape index (κ3) is 8.01. The van der Waals surface area contributed by atoms with Gasteiger partial charge in [0, 0.05) is 18.9 Å². The zero-order chi connectivity index (χ0) is 23.7. The van der Waals surface area contributed by atoms with Crippen molar-refractivity contribution in [3.05, 3.63) is 36.3 Å². The monoisotopic (exact) mass is 431 g/mol. The summed E-state index contributed by atoms with van der Waals surface area (Å²) in [5, 5.41) is 16.5. The Kier molecular flexibility index (Phi) is 9.55. The Morgan fingerprint density at radius 2 is 1.74 bits per heavy atom. The van der Waals surface area contributed by atoms with E-state index < -0.39 is 17.8 Å². The zero-order valence-electron chi connectivity index (χ0n) is 18.4. The normalized spacial score (nSPS) is 10.4. The van der Waals surface area contributed by atoms with Crippen LogP contribution in [-0.2, 0) is 16.1 Å². The molecule has 4 N–H and O–H groups in total. The molecule has 1 aromatic carbocycles. The second-order valence-electron chi connectivity index (χ2n) is 7.48. The number of aromatic nitrogens is 3. The molecule has 0 aliphatic carbocycles. The maximum Gasteiger partial charge on any atom is 0.317 e. The number of nitrogens with zero attached hydrogens (tertiary/aromatic N) is 4. The number of carboxylic acids is 2. The van der Waals surface area contributed by atoms with Gasteiger partial charge in [0.05, 0.1) is 23.9 Å². The highest BCUT2D eigenvalue weighted by Gasteiger charge is 2.17. The van der Waals surface area contributed by atoms with Gasteiger partial charge in [-0.2, -0.15) is 0 Å². The van der Waals surface area contributed by atoms with Crippen molar-refractivity contribution in [1.82, 2.24) is 19.4 Å². The third-order valence-corrected chi connectivity index (χ3v) is 3.70. The Morgan fingerprint density at radius 3 is 2.19 bits per heavy atom. The average molecular weight is 431 g/mol. The van der Waals surface area contributed by atoms with Gasteiger partial charge in [0.25, 0.3) is 11.9 Å². The van der Waals surface area contributed by atoms with Crippen LogP contribution >= 0.6 is 0 Å². The minimum atomic E-state index is -0.833. The van der Waals surface area contributed by atoms with Crippen LogP contribution in [0.5, 0.6) is 0 Å². The van der Waals surface area contributed by atoms with Gasteiger partial charge in [0.1, 0.15) is 5.52 Å². The number of primary amides is 1. The van der Waals surface area contributed by atoms with Gasteiger partial charge in [-0.15, -0.1) is 0 Å². The fourth-order valence-corrected chi connectivity index (χ4v) is 2.76. The molecule has 10 nitrogen and oxygen atoms in total. The number of carbonyl (C=O) groups is 3. The van der Waals surface area contributed by atoms with E-state index in [2.05, 4.69) is 28.4 Å². The first-order valence-electron chi connectivity index (χ1n) is 9.53. The molecule has 0 saturated carbocycles. The molecule has 0 radical (unpaired) electrons. The molecule has 0 saturated heterocycles. The lowest BCUT2D eigenvalue weighted by molar-refractivity contribution is -0.137. The van der Waals surface area contributed by atoms with Crippen LogP contribution in [0.2, 0.25) is 0 Å². The van der Waals surface area contributed by atoms with Gasteiger partial charge >= 0.3 is 5.97 Å². The number of nitrogens with two attached hydrogens (primary N) is 1. The lowest BCUT2D eigenvalue weighted by Gasteiger charge is -2.09.